The minimum Gasteiger partial charge on any atom is -0.493 e. The van der Waals surface area contributed by atoms with Crippen LogP contribution in [0.15, 0.2) is 29.3 Å². The van der Waals surface area contributed by atoms with E-state index >= 15 is 0 Å². The molecule has 0 saturated carbocycles. The average molecular weight is 286 g/mol. The highest BCUT2D eigenvalue weighted by molar-refractivity contribution is 5.81. The van der Waals surface area contributed by atoms with Gasteiger partial charge in [-0.05, 0) is 11.6 Å². The third-order valence-corrected chi connectivity index (χ3v) is 3.19. The zero-order valence-electron chi connectivity index (χ0n) is 11.6. The van der Waals surface area contributed by atoms with Crippen molar-refractivity contribution in [3.05, 3.63) is 46.3 Å². The summed E-state index contributed by atoms with van der Waals surface area (Å²) in [6.07, 6.45) is 3.95. The Kier molecular flexibility index (Phi) is 3.31. The number of aromatic amines is 2. The molecule has 0 radical (unpaired) electrons. The lowest BCUT2D eigenvalue weighted by Gasteiger charge is -2.09. The number of methoxy groups -OCH3 is 2. The SMILES string of the molecule is COc1cc2nc(Cc3cn[nH]c3)[nH]c(=O)c2cc1OC. The number of fused-ring (bicyclic) bond motifs is 1. The summed E-state index contributed by atoms with van der Waals surface area (Å²) in [4.78, 5) is 19.4. The summed E-state index contributed by atoms with van der Waals surface area (Å²) < 4.78 is 10.4. The lowest BCUT2D eigenvalue weighted by molar-refractivity contribution is 0.355. The van der Waals surface area contributed by atoms with E-state index in [-0.39, 0.29) is 5.56 Å². The van der Waals surface area contributed by atoms with Gasteiger partial charge in [0.1, 0.15) is 5.82 Å². The largest absolute Gasteiger partial charge is 0.493 e. The molecule has 0 amide bonds. The molecule has 3 aromatic rings. The maximum absolute atomic E-state index is 12.2. The second-order valence-corrected chi connectivity index (χ2v) is 4.52. The van der Waals surface area contributed by atoms with E-state index in [1.54, 1.807) is 31.6 Å². The fourth-order valence-corrected chi connectivity index (χ4v) is 2.17. The summed E-state index contributed by atoms with van der Waals surface area (Å²) in [5.74, 6) is 1.61. The molecule has 0 aliphatic carbocycles. The molecule has 1 aromatic carbocycles. The molecular weight excluding hydrogens is 272 g/mol. The monoisotopic (exact) mass is 286 g/mol. The van der Waals surface area contributed by atoms with Crippen molar-refractivity contribution in [2.75, 3.05) is 14.2 Å². The summed E-state index contributed by atoms with van der Waals surface area (Å²) in [6.45, 7) is 0. The zero-order chi connectivity index (χ0) is 14.8. The molecule has 0 unspecified atom stereocenters. The van der Waals surface area contributed by atoms with Gasteiger partial charge in [0, 0.05) is 18.7 Å². The summed E-state index contributed by atoms with van der Waals surface area (Å²) in [7, 11) is 3.07. The number of aromatic nitrogens is 4. The van der Waals surface area contributed by atoms with E-state index in [0.717, 1.165) is 5.56 Å². The van der Waals surface area contributed by atoms with Crippen LogP contribution in [0.4, 0.5) is 0 Å². The van der Waals surface area contributed by atoms with Gasteiger partial charge in [0.15, 0.2) is 11.5 Å². The van der Waals surface area contributed by atoms with Crippen LogP contribution in [0.2, 0.25) is 0 Å². The van der Waals surface area contributed by atoms with Gasteiger partial charge in [0.05, 0.1) is 31.3 Å². The van der Waals surface area contributed by atoms with Gasteiger partial charge < -0.3 is 14.5 Å². The van der Waals surface area contributed by atoms with Gasteiger partial charge in [-0.2, -0.15) is 5.10 Å². The van der Waals surface area contributed by atoms with Gasteiger partial charge >= 0.3 is 0 Å². The number of rotatable bonds is 4. The zero-order valence-corrected chi connectivity index (χ0v) is 11.6. The van der Waals surface area contributed by atoms with Crippen LogP contribution in [0.1, 0.15) is 11.4 Å². The molecule has 0 aliphatic heterocycles. The first-order valence-corrected chi connectivity index (χ1v) is 6.34. The molecular formula is C14H14N4O3. The second-order valence-electron chi connectivity index (χ2n) is 4.52. The predicted molar refractivity (Wildman–Crippen MR) is 76.9 cm³/mol. The van der Waals surface area contributed by atoms with Crippen LogP contribution in [-0.4, -0.2) is 34.4 Å². The van der Waals surface area contributed by atoms with Crippen LogP contribution in [-0.2, 0) is 6.42 Å². The second kappa shape index (κ2) is 5.28. The van der Waals surface area contributed by atoms with E-state index in [0.29, 0.717) is 34.6 Å². The Hall–Kier alpha value is -2.83. The van der Waals surface area contributed by atoms with Crippen molar-refractivity contribution in [1.29, 1.82) is 0 Å². The molecule has 108 valence electrons. The molecule has 3 rings (SSSR count). The molecule has 0 fully saturated rings. The lowest BCUT2D eigenvalue weighted by Crippen LogP contribution is -2.12. The summed E-state index contributed by atoms with van der Waals surface area (Å²) in [5.41, 5.74) is 1.30. The Morgan fingerprint density at radius 1 is 1.19 bits per heavy atom. The number of H-pyrrole nitrogens is 2. The quantitative estimate of drug-likeness (QED) is 0.753. The van der Waals surface area contributed by atoms with Crippen LogP contribution in [0.3, 0.4) is 0 Å². The Balaban J connectivity index is 2.12. The number of nitrogens with zero attached hydrogens (tertiary/aromatic N) is 2. The highest BCUT2D eigenvalue weighted by atomic mass is 16.5. The molecule has 7 nitrogen and oxygen atoms in total. The minimum atomic E-state index is -0.209. The molecule has 0 aliphatic rings. The fourth-order valence-electron chi connectivity index (χ4n) is 2.17. The average Bonchev–Trinajstić information content (AvgIpc) is 2.99. The summed E-state index contributed by atoms with van der Waals surface area (Å²) in [5, 5.41) is 7.06. The predicted octanol–water partition coefficient (Wildman–Crippen LogP) is 1.25. The molecule has 0 atom stereocenters. The van der Waals surface area contributed by atoms with Crippen molar-refractivity contribution in [1.82, 2.24) is 20.2 Å². The van der Waals surface area contributed by atoms with Gasteiger partial charge in [0.2, 0.25) is 0 Å². The third kappa shape index (κ3) is 2.45. The number of hydrogen-bond donors (Lipinski definition) is 2. The van der Waals surface area contributed by atoms with Crippen molar-refractivity contribution in [3.8, 4) is 11.5 Å². The number of hydrogen-bond acceptors (Lipinski definition) is 5. The normalized spacial score (nSPS) is 10.8. The third-order valence-electron chi connectivity index (χ3n) is 3.19. The maximum Gasteiger partial charge on any atom is 0.258 e. The first kappa shape index (κ1) is 13.2. The van der Waals surface area contributed by atoms with E-state index < -0.39 is 0 Å². The van der Waals surface area contributed by atoms with Gasteiger partial charge in [-0.15, -0.1) is 0 Å². The van der Waals surface area contributed by atoms with Crippen molar-refractivity contribution in [2.45, 2.75) is 6.42 Å². The number of ether oxygens (including phenoxy) is 2. The van der Waals surface area contributed by atoms with E-state index in [1.807, 2.05) is 0 Å². The standard InChI is InChI=1S/C14H14N4O3/c1-20-11-4-9-10(5-12(11)21-2)17-13(18-14(9)19)3-8-6-15-16-7-8/h4-7H,3H2,1-2H3,(H,15,16)(H,17,18,19). The van der Waals surface area contributed by atoms with Crippen molar-refractivity contribution in [3.63, 3.8) is 0 Å². The number of nitrogens with one attached hydrogen (secondary N) is 2. The van der Waals surface area contributed by atoms with E-state index in [4.69, 9.17) is 9.47 Å². The van der Waals surface area contributed by atoms with Crippen LogP contribution >= 0.6 is 0 Å². The van der Waals surface area contributed by atoms with E-state index in [2.05, 4.69) is 20.2 Å². The fraction of sp³-hybridized carbons (Fsp3) is 0.214. The molecule has 7 heteroatoms. The van der Waals surface area contributed by atoms with Crippen LogP contribution in [0, 0.1) is 0 Å². The van der Waals surface area contributed by atoms with Gasteiger partial charge in [-0.1, -0.05) is 0 Å². The Morgan fingerprint density at radius 2 is 1.95 bits per heavy atom. The highest BCUT2D eigenvalue weighted by Crippen LogP contribution is 2.29. The van der Waals surface area contributed by atoms with Gasteiger partial charge in [-0.25, -0.2) is 4.98 Å². The van der Waals surface area contributed by atoms with E-state index in [9.17, 15) is 4.79 Å². The van der Waals surface area contributed by atoms with Gasteiger partial charge in [-0.3, -0.25) is 9.89 Å². The minimum absolute atomic E-state index is 0.209. The summed E-state index contributed by atoms with van der Waals surface area (Å²) >= 11 is 0. The Morgan fingerprint density at radius 3 is 2.62 bits per heavy atom. The first-order chi connectivity index (χ1) is 10.2. The molecule has 21 heavy (non-hydrogen) atoms. The lowest BCUT2D eigenvalue weighted by atomic mass is 10.2. The topological polar surface area (TPSA) is 92.9 Å². The molecule has 2 aromatic heterocycles. The smallest absolute Gasteiger partial charge is 0.258 e. The van der Waals surface area contributed by atoms with Crippen molar-refractivity contribution in [2.24, 2.45) is 0 Å². The van der Waals surface area contributed by atoms with Crippen LogP contribution in [0.25, 0.3) is 10.9 Å². The molecule has 2 N–H and O–H groups in total. The van der Waals surface area contributed by atoms with E-state index in [1.165, 1.54) is 7.11 Å². The van der Waals surface area contributed by atoms with Crippen LogP contribution in [0.5, 0.6) is 11.5 Å². The maximum atomic E-state index is 12.2. The Bertz CT molecular complexity index is 824. The number of benzene rings is 1. The molecule has 0 saturated heterocycles. The van der Waals surface area contributed by atoms with Crippen molar-refractivity contribution >= 4 is 10.9 Å². The highest BCUT2D eigenvalue weighted by Gasteiger charge is 2.11. The van der Waals surface area contributed by atoms with Gasteiger partial charge in [0.25, 0.3) is 5.56 Å². The molecule has 0 bridgehead atoms. The molecule has 2 heterocycles. The van der Waals surface area contributed by atoms with Crippen molar-refractivity contribution < 1.29 is 9.47 Å². The van der Waals surface area contributed by atoms with Crippen LogP contribution < -0.4 is 15.0 Å². The molecule has 0 spiro atoms. The first-order valence-electron chi connectivity index (χ1n) is 6.34. The summed E-state index contributed by atoms with van der Waals surface area (Å²) in [6, 6.07) is 3.32. The Labute approximate surface area is 119 Å².